The van der Waals surface area contributed by atoms with Crippen molar-refractivity contribution in [2.45, 2.75) is 44.6 Å². The smallest absolute Gasteiger partial charge is 0.251 e. The van der Waals surface area contributed by atoms with Crippen LogP contribution in [-0.2, 0) is 10.0 Å². The van der Waals surface area contributed by atoms with Crippen molar-refractivity contribution >= 4 is 15.9 Å². The van der Waals surface area contributed by atoms with Gasteiger partial charge in [-0.05, 0) is 43.4 Å². The number of nitrogens with two attached hydrogens (primary N) is 1. The molecule has 1 unspecified atom stereocenters. The van der Waals surface area contributed by atoms with Crippen LogP contribution in [0.15, 0.2) is 23.1 Å². The normalized spacial score (nSPS) is 16.2. The van der Waals surface area contributed by atoms with E-state index in [-0.39, 0.29) is 16.8 Å². The van der Waals surface area contributed by atoms with Crippen LogP contribution in [0.25, 0.3) is 0 Å². The van der Waals surface area contributed by atoms with E-state index in [0.717, 1.165) is 12.8 Å². The molecule has 1 amide bonds. The molecule has 1 atom stereocenters. The fourth-order valence-corrected chi connectivity index (χ4v) is 4.55. The summed E-state index contributed by atoms with van der Waals surface area (Å²) >= 11 is 0. The molecule has 7 heteroatoms. The molecule has 24 heavy (non-hydrogen) atoms. The average Bonchev–Trinajstić information content (AvgIpc) is 3.38. The summed E-state index contributed by atoms with van der Waals surface area (Å²) in [6, 6.07) is 4.77. The Morgan fingerprint density at radius 1 is 1.33 bits per heavy atom. The standard InChI is InChI=1S/C17H27N3O3S/c1-4-20(5-2)24(22,23)16-10-14(7-6-12(16)3)17(21)19-15(11-18)13-8-9-13/h6-7,10,13,15H,4-5,8-9,11,18H2,1-3H3,(H,19,21). The van der Waals surface area contributed by atoms with Crippen LogP contribution in [0.1, 0.15) is 42.6 Å². The number of carbonyl (C=O) groups excluding carboxylic acids is 1. The van der Waals surface area contributed by atoms with Crippen molar-refractivity contribution in [1.29, 1.82) is 0 Å². The molecule has 0 aromatic heterocycles. The van der Waals surface area contributed by atoms with Crippen LogP contribution in [0, 0.1) is 12.8 Å². The number of benzene rings is 1. The molecule has 6 nitrogen and oxygen atoms in total. The molecular weight excluding hydrogens is 326 g/mol. The third-order valence-electron chi connectivity index (χ3n) is 4.54. The van der Waals surface area contributed by atoms with Crippen molar-refractivity contribution in [2.24, 2.45) is 11.7 Å². The van der Waals surface area contributed by atoms with E-state index in [1.54, 1.807) is 32.9 Å². The second-order valence-corrected chi connectivity index (χ2v) is 8.13. The zero-order valence-corrected chi connectivity index (χ0v) is 15.4. The molecule has 1 aliphatic carbocycles. The third-order valence-corrected chi connectivity index (χ3v) is 6.73. The van der Waals surface area contributed by atoms with Gasteiger partial charge in [0.2, 0.25) is 10.0 Å². The van der Waals surface area contributed by atoms with Crippen LogP contribution in [0.5, 0.6) is 0 Å². The van der Waals surface area contributed by atoms with Crippen LogP contribution < -0.4 is 11.1 Å². The van der Waals surface area contributed by atoms with Crippen molar-refractivity contribution in [1.82, 2.24) is 9.62 Å². The second-order valence-electron chi connectivity index (χ2n) is 6.22. The zero-order chi connectivity index (χ0) is 17.9. The molecule has 0 bridgehead atoms. The molecule has 1 fully saturated rings. The lowest BCUT2D eigenvalue weighted by atomic mass is 10.1. The SMILES string of the molecule is CCN(CC)S(=O)(=O)c1cc(C(=O)NC(CN)C2CC2)ccc1C. The molecule has 0 heterocycles. The predicted molar refractivity (Wildman–Crippen MR) is 94.3 cm³/mol. The summed E-state index contributed by atoms with van der Waals surface area (Å²) in [6.45, 7) is 6.53. The fourth-order valence-electron chi connectivity index (χ4n) is 2.84. The van der Waals surface area contributed by atoms with Gasteiger partial charge in [0.25, 0.3) is 5.91 Å². The van der Waals surface area contributed by atoms with Crippen LogP contribution in [0.2, 0.25) is 0 Å². The van der Waals surface area contributed by atoms with Gasteiger partial charge in [-0.2, -0.15) is 4.31 Å². The summed E-state index contributed by atoms with van der Waals surface area (Å²) in [5, 5.41) is 2.93. The number of rotatable bonds is 8. The molecule has 0 saturated heterocycles. The highest BCUT2D eigenvalue weighted by Gasteiger charge is 2.32. The molecule has 1 aromatic carbocycles. The fraction of sp³-hybridized carbons (Fsp3) is 0.588. The van der Waals surface area contributed by atoms with E-state index in [4.69, 9.17) is 5.73 Å². The van der Waals surface area contributed by atoms with Gasteiger partial charge < -0.3 is 11.1 Å². The number of hydrogen-bond donors (Lipinski definition) is 2. The molecule has 1 aromatic rings. The van der Waals surface area contributed by atoms with Crippen molar-refractivity contribution in [3.05, 3.63) is 29.3 Å². The van der Waals surface area contributed by atoms with Gasteiger partial charge in [-0.25, -0.2) is 8.42 Å². The Morgan fingerprint density at radius 3 is 2.46 bits per heavy atom. The summed E-state index contributed by atoms with van der Waals surface area (Å²) in [6.07, 6.45) is 2.16. The van der Waals surface area contributed by atoms with Crippen LogP contribution in [0.4, 0.5) is 0 Å². The van der Waals surface area contributed by atoms with E-state index in [1.165, 1.54) is 10.4 Å². The maximum Gasteiger partial charge on any atom is 0.251 e. The average molecular weight is 353 g/mol. The minimum absolute atomic E-state index is 0.0401. The molecule has 1 aliphatic rings. The van der Waals surface area contributed by atoms with Crippen molar-refractivity contribution in [2.75, 3.05) is 19.6 Å². The maximum absolute atomic E-state index is 12.8. The second kappa shape index (κ2) is 7.63. The summed E-state index contributed by atoms with van der Waals surface area (Å²) in [5.41, 5.74) is 6.71. The number of sulfonamides is 1. The number of hydrogen-bond acceptors (Lipinski definition) is 4. The summed E-state index contributed by atoms with van der Waals surface area (Å²) < 4.78 is 26.9. The van der Waals surface area contributed by atoms with Gasteiger partial charge in [-0.1, -0.05) is 19.9 Å². The quantitative estimate of drug-likeness (QED) is 0.740. The topological polar surface area (TPSA) is 92.5 Å². The number of carbonyl (C=O) groups is 1. The molecule has 134 valence electrons. The monoisotopic (exact) mass is 353 g/mol. The van der Waals surface area contributed by atoms with E-state index in [1.807, 2.05) is 0 Å². The molecule has 1 saturated carbocycles. The third kappa shape index (κ3) is 3.96. The van der Waals surface area contributed by atoms with E-state index >= 15 is 0 Å². The van der Waals surface area contributed by atoms with Gasteiger partial charge in [0.1, 0.15) is 0 Å². The molecule has 0 radical (unpaired) electrons. The number of nitrogens with zero attached hydrogens (tertiary/aromatic N) is 1. The largest absolute Gasteiger partial charge is 0.348 e. The Bertz CT molecular complexity index is 695. The Balaban J connectivity index is 2.29. The van der Waals surface area contributed by atoms with E-state index in [9.17, 15) is 13.2 Å². The van der Waals surface area contributed by atoms with Gasteiger partial charge in [-0.3, -0.25) is 4.79 Å². The highest BCUT2D eigenvalue weighted by Crippen LogP contribution is 2.32. The number of aryl methyl sites for hydroxylation is 1. The van der Waals surface area contributed by atoms with E-state index in [2.05, 4.69) is 5.32 Å². The Labute approximate surface area is 144 Å². The lowest BCUT2D eigenvalue weighted by Gasteiger charge is -2.21. The summed E-state index contributed by atoms with van der Waals surface area (Å²) in [5.74, 6) is 0.177. The molecule has 0 spiro atoms. The molecular formula is C17H27N3O3S. The van der Waals surface area contributed by atoms with Crippen LogP contribution in [-0.4, -0.2) is 44.3 Å². The summed E-state index contributed by atoms with van der Waals surface area (Å²) in [4.78, 5) is 12.7. The number of amides is 1. The first-order chi connectivity index (χ1) is 11.3. The van der Waals surface area contributed by atoms with Gasteiger partial charge in [0.15, 0.2) is 0 Å². The highest BCUT2D eigenvalue weighted by molar-refractivity contribution is 7.89. The zero-order valence-electron chi connectivity index (χ0n) is 14.6. The Hall–Kier alpha value is -1.44. The predicted octanol–water partition coefficient (Wildman–Crippen LogP) is 1.49. The Kier molecular flexibility index (Phi) is 6.01. The van der Waals surface area contributed by atoms with Crippen molar-refractivity contribution in [3.8, 4) is 0 Å². The molecule has 2 rings (SSSR count). The minimum atomic E-state index is -3.60. The maximum atomic E-state index is 12.8. The van der Waals surface area contributed by atoms with Crippen LogP contribution >= 0.6 is 0 Å². The molecule has 3 N–H and O–H groups in total. The minimum Gasteiger partial charge on any atom is -0.348 e. The van der Waals surface area contributed by atoms with Crippen LogP contribution in [0.3, 0.4) is 0 Å². The van der Waals surface area contributed by atoms with Gasteiger partial charge in [0, 0.05) is 31.2 Å². The first-order valence-electron chi connectivity index (χ1n) is 8.46. The lowest BCUT2D eigenvalue weighted by Crippen LogP contribution is -2.41. The first kappa shape index (κ1) is 18.9. The molecule has 0 aliphatic heterocycles. The summed E-state index contributed by atoms with van der Waals surface area (Å²) in [7, 11) is -3.60. The van der Waals surface area contributed by atoms with Crippen molar-refractivity contribution in [3.63, 3.8) is 0 Å². The highest BCUT2D eigenvalue weighted by atomic mass is 32.2. The lowest BCUT2D eigenvalue weighted by molar-refractivity contribution is 0.0933. The number of nitrogens with one attached hydrogen (secondary N) is 1. The first-order valence-corrected chi connectivity index (χ1v) is 9.90. The van der Waals surface area contributed by atoms with Crippen molar-refractivity contribution < 1.29 is 13.2 Å². The van der Waals surface area contributed by atoms with E-state index < -0.39 is 10.0 Å². The Morgan fingerprint density at radius 2 is 1.96 bits per heavy atom. The van der Waals surface area contributed by atoms with Gasteiger partial charge >= 0.3 is 0 Å². The van der Waals surface area contributed by atoms with Gasteiger partial charge in [0.05, 0.1) is 4.90 Å². The van der Waals surface area contributed by atoms with E-state index in [0.29, 0.717) is 36.7 Å². The van der Waals surface area contributed by atoms with Gasteiger partial charge in [-0.15, -0.1) is 0 Å².